The average molecular weight is 425 g/mol. The monoisotopic (exact) mass is 424 g/mol. The summed E-state index contributed by atoms with van der Waals surface area (Å²) >= 11 is 5.92. The number of halogens is 2. The minimum atomic E-state index is -3.64. The molecule has 0 spiro atoms. The van der Waals surface area contributed by atoms with Crippen molar-refractivity contribution >= 4 is 33.2 Å². The summed E-state index contributed by atoms with van der Waals surface area (Å²) in [7, 11) is -3.64. The van der Waals surface area contributed by atoms with Gasteiger partial charge in [-0.3, -0.25) is 4.79 Å². The molecule has 1 aliphatic rings. The number of hydrogen-bond donors (Lipinski definition) is 1. The second kappa shape index (κ2) is 8.59. The topological polar surface area (TPSA) is 66.5 Å². The first-order valence-electron chi connectivity index (χ1n) is 9.12. The van der Waals surface area contributed by atoms with E-state index >= 15 is 0 Å². The third kappa shape index (κ3) is 4.90. The molecule has 1 amide bonds. The molecule has 0 saturated heterocycles. The van der Waals surface area contributed by atoms with Crippen molar-refractivity contribution in [3.05, 3.63) is 63.9 Å². The van der Waals surface area contributed by atoms with Gasteiger partial charge in [-0.25, -0.2) is 17.5 Å². The number of anilines is 1. The van der Waals surface area contributed by atoms with E-state index in [-0.39, 0.29) is 23.2 Å². The van der Waals surface area contributed by atoms with Gasteiger partial charge in [-0.05, 0) is 47.7 Å². The normalized spacial score (nSPS) is 14.2. The highest BCUT2D eigenvalue weighted by molar-refractivity contribution is 7.88. The highest BCUT2D eigenvalue weighted by Gasteiger charge is 2.23. The number of nitrogens with one attached hydrogen (secondary N) is 1. The molecular weight excluding hydrogens is 403 g/mol. The smallest absolute Gasteiger partial charge is 0.227 e. The first-order chi connectivity index (χ1) is 13.3. The Morgan fingerprint density at radius 2 is 1.96 bits per heavy atom. The lowest BCUT2D eigenvalue weighted by atomic mass is 9.98. The van der Waals surface area contributed by atoms with Crippen LogP contribution in [0.15, 0.2) is 36.4 Å². The molecule has 8 heteroatoms. The molecule has 5 nitrogen and oxygen atoms in total. The molecule has 2 aromatic rings. The minimum absolute atomic E-state index is 0.0832. The Labute approximate surface area is 169 Å². The maximum absolute atomic E-state index is 13.1. The Morgan fingerprint density at radius 3 is 2.68 bits per heavy atom. The van der Waals surface area contributed by atoms with E-state index in [1.54, 1.807) is 4.90 Å². The summed E-state index contributed by atoms with van der Waals surface area (Å²) in [6, 6.07) is 9.30. The van der Waals surface area contributed by atoms with Gasteiger partial charge in [0.1, 0.15) is 5.82 Å². The highest BCUT2D eigenvalue weighted by Crippen LogP contribution is 2.29. The molecule has 2 aromatic carbocycles. The van der Waals surface area contributed by atoms with Gasteiger partial charge in [0.2, 0.25) is 15.9 Å². The van der Waals surface area contributed by atoms with Gasteiger partial charge in [-0.1, -0.05) is 36.7 Å². The Morgan fingerprint density at radius 1 is 1.18 bits per heavy atom. The fourth-order valence-corrected chi connectivity index (χ4v) is 4.74. The first kappa shape index (κ1) is 20.8. The fourth-order valence-electron chi connectivity index (χ4n) is 3.28. The zero-order valence-corrected chi connectivity index (χ0v) is 17.1. The third-order valence-electron chi connectivity index (χ3n) is 4.65. The molecule has 0 aliphatic carbocycles. The second-order valence-corrected chi connectivity index (χ2v) is 9.04. The van der Waals surface area contributed by atoms with E-state index in [1.807, 2.05) is 25.1 Å². The average Bonchev–Trinajstić information content (AvgIpc) is 2.65. The molecule has 0 atom stereocenters. The second-order valence-electron chi connectivity index (χ2n) is 6.82. The van der Waals surface area contributed by atoms with Gasteiger partial charge >= 0.3 is 0 Å². The minimum Gasteiger partial charge on any atom is -0.312 e. The van der Waals surface area contributed by atoms with Gasteiger partial charge in [0.25, 0.3) is 0 Å². The molecule has 0 radical (unpaired) electrons. The maximum Gasteiger partial charge on any atom is 0.227 e. The number of carbonyl (C=O) groups excluding carboxylic acids is 1. The standard InChI is InChI=1S/C20H22ClFN2O3S/c1-2-9-24-19-7-3-14(10-15(19)5-8-20(24)25)12-23-28(26,27)13-16-4-6-17(22)11-18(16)21/h3-4,6-7,10-11,23H,2,5,8-9,12-13H2,1H3. The van der Waals surface area contributed by atoms with Crippen LogP contribution in [0, 0.1) is 5.82 Å². The van der Waals surface area contributed by atoms with Crippen LogP contribution in [0.1, 0.15) is 36.5 Å². The molecule has 28 heavy (non-hydrogen) atoms. The number of benzene rings is 2. The van der Waals surface area contributed by atoms with Crippen molar-refractivity contribution in [2.24, 2.45) is 0 Å². The summed E-state index contributed by atoms with van der Waals surface area (Å²) < 4.78 is 40.4. The largest absolute Gasteiger partial charge is 0.312 e. The van der Waals surface area contributed by atoms with Crippen LogP contribution in [0.4, 0.5) is 10.1 Å². The van der Waals surface area contributed by atoms with Crippen molar-refractivity contribution in [3.8, 4) is 0 Å². The number of aryl methyl sites for hydroxylation is 1. The summed E-state index contributed by atoms with van der Waals surface area (Å²) in [5.41, 5.74) is 3.11. The van der Waals surface area contributed by atoms with E-state index in [0.717, 1.165) is 29.3 Å². The number of nitrogens with zero attached hydrogens (tertiary/aromatic N) is 1. The first-order valence-corrected chi connectivity index (χ1v) is 11.2. The van der Waals surface area contributed by atoms with Crippen molar-refractivity contribution in [2.75, 3.05) is 11.4 Å². The molecule has 0 aromatic heterocycles. The molecule has 1 aliphatic heterocycles. The lowest BCUT2D eigenvalue weighted by Crippen LogP contribution is -2.35. The molecule has 1 N–H and O–H groups in total. The van der Waals surface area contributed by atoms with Crippen LogP contribution in [-0.4, -0.2) is 20.9 Å². The van der Waals surface area contributed by atoms with Crippen LogP contribution in [0.25, 0.3) is 0 Å². The fraction of sp³-hybridized carbons (Fsp3) is 0.350. The summed E-state index contributed by atoms with van der Waals surface area (Å²) in [6.45, 7) is 2.84. The maximum atomic E-state index is 13.1. The van der Waals surface area contributed by atoms with E-state index in [2.05, 4.69) is 4.72 Å². The van der Waals surface area contributed by atoms with E-state index in [4.69, 9.17) is 11.6 Å². The van der Waals surface area contributed by atoms with Gasteiger partial charge in [0, 0.05) is 30.2 Å². The molecule has 0 bridgehead atoms. The number of sulfonamides is 1. The van der Waals surface area contributed by atoms with Gasteiger partial charge in [0.15, 0.2) is 0 Å². The Balaban J connectivity index is 1.70. The number of rotatable bonds is 7. The van der Waals surface area contributed by atoms with E-state index in [1.165, 1.54) is 12.1 Å². The van der Waals surface area contributed by atoms with Crippen LogP contribution in [0.2, 0.25) is 5.02 Å². The Kier molecular flexibility index (Phi) is 6.37. The Hall–Kier alpha value is -1.96. The van der Waals surface area contributed by atoms with Crippen molar-refractivity contribution < 1.29 is 17.6 Å². The number of fused-ring (bicyclic) bond motifs is 1. The molecule has 0 fully saturated rings. The van der Waals surface area contributed by atoms with Gasteiger partial charge < -0.3 is 4.90 Å². The van der Waals surface area contributed by atoms with Gasteiger partial charge in [-0.2, -0.15) is 0 Å². The SMILES string of the molecule is CCCN1C(=O)CCc2cc(CNS(=O)(=O)Cc3ccc(F)cc3Cl)ccc21. The molecular formula is C20H22ClFN2O3S. The van der Waals surface area contributed by atoms with Crippen molar-refractivity contribution in [2.45, 2.75) is 38.5 Å². The Bertz CT molecular complexity index is 995. The lowest BCUT2D eigenvalue weighted by Gasteiger charge is -2.29. The van der Waals surface area contributed by atoms with Crippen molar-refractivity contribution in [3.63, 3.8) is 0 Å². The predicted molar refractivity (Wildman–Crippen MR) is 108 cm³/mol. The molecule has 0 unspecified atom stereocenters. The van der Waals surface area contributed by atoms with E-state index in [9.17, 15) is 17.6 Å². The molecule has 1 heterocycles. The quantitative estimate of drug-likeness (QED) is 0.735. The van der Waals surface area contributed by atoms with Crippen LogP contribution in [-0.2, 0) is 33.5 Å². The summed E-state index contributed by atoms with van der Waals surface area (Å²) in [5, 5.41) is 0.0832. The number of amides is 1. The van der Waals surface area contributed by atoms with Crippen LogP contribution < -0.4 is 9.62 Å². The summed E-state index contributed by atoms with van der Waals surface area (Å²) in [4.78, 5) is 13.9. The van der Waals surface area contributed by atoms with Crippen LogP contribution >= 0.6 is 11.6 Å². The van der Waals surface area contributed by atoms with Gasteiger partial charge in [-0.15, -0.1) is 0 Å². The number of carbonyl (C=O) groups is 1. The van der Waals surface area contributed by atoms with E-state index in [0.29, 0.717) is 24.9 Å². The molecule has 3 rings (SSSR count). The van der Waals surface area contributed by atoms with E-state index < -0.39 is 15.8 Å². The third-order valence-corrected chi connectivity index (χ3v) is 6.28. The molecule has 0 saturated carbocycles. The van der Waals surface area contributed by atoms with Crippen LogP contribution in [0.5, 0.6) is 0 Å². The summed E-state index contributed by atoms with van der Waals surface area (Å²) in [6.07, 6.45) is 1.99. The molecule has 150 valence electrons. The van der Waals surface area contributed by atoms with Gasteiger partial charge in [0.05, 0.1) is 5.75 Å². The van der Waals surface area contributed by atoms with Crippen LogP contribution in [0.3, 0.4) is 0 Å². The zero-order chi connectivity index (χ0) is 20.3. The van der Waals surface area contributed by atoms with Crippen molar-refractivity contribution in [1.82, 2.24) is 4.72 Å². The zero-order valence-electron chi connectivity index (χ0n) is 15.5. The summed E-state index contributed by atoms with van der Waals surface area (Å²) in [5.74, 6) is -0.710. The van der Waals surface area contributed by atoms with Crippen molar-refractivity contribution in [1.29, 1.82) is 0 Å². The predicted octanol–water partition coefficient (Wildman–Crippen LogP) is 3.79. The lowest BCUT2D eigenvalue weighted by molar-refractivity contribution is -0.118. The number of hydrogen-bond acceptors (Lipinski definition) is 3. The highest BCUT2D eigenvalue weighted by atomic mass is 35.5.